The van der Waals surface area contributed by atoms with Crippen LogP contribution in [0, 0.1) is 0 Å². The largest absolute Gasteiger partial charge is 0.478 e. The van der Waals surface area contributed by atoms with Crippen LogP contribution >= 0.6 is 0 Å². The molecule has 1 aromatic rings. The molecule has 1 fully saturated rings. The van der Waals surface area contributed by atoms with Crippen molar-refractivity contribution in [3.8, 4) is 0 Å². The summed E-state index contributed by atoms with van der Waals surface area (Å²) in [4.78, 5) is 11.3. The maximum absolute atomic E-state index is 12.9. The molecule has 0 amide bonds. The summed E-state index contributed by atoms with van der Waals surface area (Å²) < 4.78 is 28.5. The van der Waals surface area contributed by atoms with E-state index in [0.717, 1.165) is 44.9 Å². The number of carboxylic acid groups (broad SMARTS) is 1. The molecule has 0 saturated heterocycles. The van der Waals surface area contributed by atoms with E-state index in [2.05, 4.69) is 17.0 Å². The Morgan fingerprint density at radius 1 is 1.28 bits per heavy atom. The molecule has 0 aromatic heterocycles. The normalized spacial score (nSPS) is 17.2. The fraction of sp³-hybridized carbons (Fsp3) is 0.611. The summed E-state index contributed by atoms with van der Waals surface area (Å²) in [7, 11) is -3.78. The van der Waals surface area contributed by atoms with E-state index in [1.54, 1.807) is 6.07 Å². The maximum Gasteiger partial charge on any atom is 0.335 e. The van der Waals surface area contributed by atoms with Crippen LogP contribution in [-0.2, 0) is 10.0 Å². The van der Waals surface area contributed by atoms with Crippen molar-refractivity contribution in [3.05, 3.63) is 23.8 Å². The lowest BCUT2D eigenvalue weighted by Gasteiger charge is -2.24. The number of aromatic carboxylic acids is 1. The van der Waals surface area contributed by atoms with E-state index < -0.39 is 16.0 Å². The number of hydrogen-bond acceptors (Lipinski definition) is 4. The van der Waals surface area contributed by atoms with E-state index >= 15 is 0 Å². The zero-order chi connectivity index (χ0) is 18.4. The highest BCUT2D eigenvalue weighted by molar-refractivity contribution is 7.89. The zero-order valence-electron chi connectivity index (χ0n) is 14.9. The Labute approximate surface area is 150 Å². The van der Waals surface area contributed by atoms with Crippen molar-refractivity contribution in [3.63, 3.8) is 0 Å². The van der Waals surface area contributed by atoms with Crippen molar-refractivity contribution >= 4 is 21.7 Å². The third kappa shape index (κ3) is 5.44. The fourth-order valence-electron chi connectivity index (χ4n) is 3.27. The highest BCUT2D eigenvalue weighted by Gasteiger charge is 2.25. The molecule has 140 valence electrons. The van der Waals surface area contributed by atoms with Crippen LogP contribution in [0.1, 0.15) is 69.2 Å². The SMILES string of the molecule is CCC[C@@H](C)Nc1ccc(C(=O)O)cc1S(=O)(=O)NC1CCCCC1. The van der Waals surface area contributed by atoms with E-state index in [1.807, 2.05) is 6.92 Å². The Balaban J connectivity index is 2.33. The molecule has 0 unspecified atom stereocenters. The van der Waals surface area contributed by atoms with Gasteiger partial charge in [-0.2, -0.15) is 0 Å². The summed E-state index contributed by atoms with van der Waals surface area (Å²) in [5, 5.41) is 12.4. The first-order valence-electron chi connectivity index (χ1n) is 8.99. The van der Waals surface area contributed by atoms with E-state index in [1.165, 1.54) is 12.1 Å². The second-order valence-corrected chi connectivity index (χ2v) is 8.49. The molecule has 0 heterocycles. The molecule has 0 radical (unpaired) electrons. The monoisotopic (exact) mass is 368 g/mol. The minimum Gasteiger partial charge on any atom is -0.478 e. The van der Waals surface area contributed by atoms with Crippen molar-refractivity contribution in [2.24, 2.45) is 0 Å². The van der Waals surface area contributed by atoms with Crippen molar-refractivity contribution in [1.82, 2.24) is 4.72 Å². The van der Waals surface area contributed by atoms with Crippen LogP contribution in [0.15, 0.2) is 23.1 Å². The van der Waals surface area contributed by atoms with Gasteiger partial charge in [0.15, 0.2) is 0 Å². The van der Waals surface area contributed by atoms with Crippen LogP contribution in [0.4, 0.5) is 5.69 Å². The molecule has 1 aromatic carbocycles. The van der Waals surface area contributed by atoms with E-state index in [-0.39, 0.29) is 22.5 Å². The standard InChI is InChI=1S/C18H28N2O4S/c1-3-7-13(2)19-16-11-10-14(18(21)22)12-17(16)25(23,24)20-15-8-5-4-6-9-15/h10-13,15,19-20H,3-9H2,1-2H3,(H,21,22)/t13-/m1/s1. The molecular formula is C18H28N2O4S. The maximum atomic E-state index is 12.9. The van der Waals surface area contributed by atoms with E-state index in [0.29, 0.717) is 5.69 Å². The topological polar surface area (TPSA) is 95.5 Å². The molecule has 7 heteroatoms. The minimum absolute atomic E-state index is 0.0147. The number of hydrogen-bond donors (Lipinski definition) is 3. The van der Waals surface area contributed by atoms with Gasteiger partial charge in [0.1, 0.15) is 4.90 Å². The molecule has 1 aliphatic rings. The number of rotatable bonds is 8. The lowest BCUT2D eigenvalue weighted by Crippen LogP contribution is -2.36. The highest BCUT2D eigenvalue weighted by Crippen LogP contribution is 2.26. The predicted octanol–water partition coefficient (Wildman–Crippen LogP) is 3.60. The fourth-order valence-corrected chi connectivity index (χ4v) is 4.77. The quantitative estimate of drug-likeness (QED) is 0.652. The van der Waals surface area contributed by atoms with Gasteiger partial charge < -0.3 is 10.4 Å². The van der Waals surface area contributed by atoms with Gasteiger partial charge in [0.25, 0.3) is 0 Å². The molecule has 6 nitrogen and oxygen atoms in total. The molecular weight excluding hydrogens is 340 g/mol. The summed E-state index contributed by atoms with van der Waals surface area (Å²) in [6.07, 6.45) is 6.69. The van der Waals surface area contributed by atoms with Crippen molar-refractivity contribution in [1.29, 1.82) is 0 Å². The number of carboxylic acids is 1. The number of anilines is 1. The van der Waals surface area contributed by atoms with Gasteiger partial charge in [-0.3, -0.25) is 0 Å². The molecule has 1 aliphatic carbocycles. The lowest BCUT2D eigenvalue weighted by molar-refractivity contribution is 0.0696. The summed E-state index contributed by atoms with van der Waals surface area (Å²) in [5.41, 5.74) is 0.423. The Morgan fingerprint density at radius 2 is 1.96 bits per heavy atom. The minimum atomic E-state index is -3.78. The second-order valence-electron chi connectivity index (χ2n) is 6.81. The van der Waals surface area contributed by atoms with Crippen molar-refractivity contribution in [2.45, 2.75) is 75.8 Å². The van der Waals surface area contributed by atoms with Gasteiger partial charge in [-0.15, -0.1) is 0 Å². The van der Waals surface area contributed by atoms with Gasteiger partial charge in [-0.1, -0.05) is 32.6 Å². The number of carbonyl (C=O) groups is 1. The molecule has 1 saturated carbocycles. The third-order valence-corrected chi connectivity index (χ3v) is 6.13. The average Bonchev–Trinajstić information content (AvgIpc) is 2.55. The van der Waals surface area contributed by atoms with E-state index in [4.69, 9.17) is 0 Å². The van der Waals surface area contributed by atoms with Gasteiger partial charge in [0.05, 0.1) is 11.3 Å². The Morgan fingerprint density at radius 3 is 2.56 bits per heavy atom. The van der Waals surface area contributed by atoms with Crippen molar-refractivity contribution < 1.29 is 18.3 Å². The Kier molecular flexibility index (Phi) is 6.84. The third-order valence-electron chi connectivity index (χ3n) is 4.57. The van der Waals surface area contributed by atoms with Gasteiger partial charge in [0, 0.05) is 12.1 Å². The van der Waals surface area contributed by atoms with Gasteiger partial charge in [0.2, 0.25) is 10.0 Å². The first kappa shape index (κ1) is 19.7. The first-order chi connectivity index (χ1) is 11.8. The zero-order valence-corrected chi connectivity index (χ0v) is 15.7. The molecule has 3 N–H and O–H groups in total. The van der Waals surface area contributed by atoms with Gasteiger partial charge in [-0.25, -0.2) is 17.9 Å². The number of sulfonamides is 1. The number of benzene rings is 1. The van der Waals surface area contributed by atoms with Crippen LogP contribution in [0.5, 0.6) is 0 Å². The summed E-state index contributed by atoms with van der Waals surface area (Å²) in [6, 6.07) is 4.25. The molecule has 25 heavy (non-hydrogen) atoms. The second kappa shape index (κ2) is 8.67. The van der Waals surface area contributed by atoms with Crippen LogP contribution in [0.2, 0.25) is 0 Å². The van der Waals surface area contributed by atoms with Crippen LogP contribution in [0.25, 0.3) is 0 Å². The molecule has 0 aliphatic heterocycles. The lowest BCUT2D eigenvalue weighted by atomic mass is 9.96. The summed E-state index contributed by atoms with van der Waals surface area (Å²) in [5.74, 6) is -1.14. The van der Waals surface area contributed by atoms with Crippen LogP contribution in [-0.4, -0.2) is 31.6 Å². The smallest absolute Gasteiger partial charge is 0.335 e. The molecule has 0 bridgehead atoms. The summed E-state index contributed by atoms with van der Waals surface area (Å²) >= 11 is 0. The van der Waals surface area contributed by atoms with Crippen LogP contribution in [0.3, 0.4) is 0 Å². The number of nitrogens with one attached hydrogen (secondary N) is 2. The van der Waals surface area contributed by atoms with E-state index in [9.17, 15) is 18.3 Å². The van der Waals surface area contributed by atoms with Crippen molar-refractivity contribution in [2.75, 3.05) is 5.32 Å². The van der Waals surface area contributed by atoms with Gasteiger partial charge in [-0.05, 0) is 44.4 Å². The average molecular weight is 368 g/mol. The Bertz CT molecular complexity index is 697. The summed E-state index contributed by atoms with van der Waals surface area (Å²) in [6.45, 7) is 4.05. The first-order valence-corrected chi connectivity index (χ1v) is 10.5. The molecule has 1 atom stereocenters. The highest BCUT2D eigenvalue weighted by atomic mass is 32.2. The molecule has 0 spiro atoms. The van der Waals surface area contributed by atoms with Crippen LogP contribution < -0.4 is 10.0 Å². The van der Waals surface area contributed by atoms with Gasteiger partial charge >= 0.3 is 5.97 Å². The molecule has 2 rings (SSSR count). The predicted molar refractivity (Wildman–Crippen MR) is 98.6 cm³/mol. The Hall–Kier alpha value is -1.60.